The molecule has 1 unspecified atom stereocenters. The third-order valence-electron chi connectivity index (χ3n) is 2.84. The van der Waals surface area contributed by atoms with Gasteiger partial charge in [-0.05, 0) is 24.1 Å². The molecule has 0 aliphatic heterocycles. The summed E-state index contributed by atoms with van der Waals surface area (Å²) >= 11 is 0. The van der Waals surface area contributed by atoms with Crippen LogP contribution in [0, 0.1) is 5.82 Å². The quantitative estimate of drug-likeness (QED) is 0.672. The van der Waals surface area contributed by atoms with Gasteiger partial charge in [-0.2, -0.15) is 0 Å². The van der Waals surface area contributed by atoms with Gasteiger partial charge in [0.15, 0.2) is 0 Å². The lowest BCUT2D eigenvalue weighted by molar-refractivity contribution is -0.139. The number of hydrogen-bond acceptors (Lipinski definition) is 3. The van der Waals surface area contributed by atoms with E-state index in [1.165, 1.54) is 19.2 Å². The molecule has 1 aromatic rings. The van der Waals surface area contributed by atoms with Crippen LogP contribution in [0.1, 0.15) is 12.0 Å². The Morgan fingerprint density at radius 1 is 1.29 bits per heavy atom. The Hall–Kier alpha value is -2.15. The van der Waals surface area contributed by atoms with Gasteiger partial charge >= 0.3 is 12.0 Å². The third kappa shape index (κ3) is 7.26. The number of ether oxygens (including phenoxy) is 1. The number of carboxylic acids is 1. The van der Waals surface area contributed by atoms with Crippen molar-refractivity contribution >= 4 is 12.0 Å². The van der Waals surface area contributed by atoms with Crippen LogP contribution in [0.5, 0.6) is 0 Å². The largest absolute Gasteiger partial charge is 0.481 e. The van der Waals surface area contributed by atoms with Gasteiger partial charge in [-0.3, -0.25) is 4.79 Å². The molecule has 116 valence electrons. The Labute approximate surface area is 122 Å². The van der Waals surface area contributed by atoms with Crippen molar-refractivity contribution in [2.75, 3.05) is 20.2 Å². The Morgan fingerprint density at radius 2 is 1.95 bits per heavy atom. The second-order valence-corrected chi connectivity index (χ2v) is 4.47. The molecule has 0 saturated carbocycles. The first-order chi connectivity index (χ1) is 10.0. The summed E-state index contributed by atoms with van der Waals surface area (Å²) in [6, 6.07) is 5.64. The zero-order valence-electron chi connectivity index (χ0n) is 11.8. The van der Waals surface area contributed by atoms with Crippen LogP contribution in [0.3, 0.4) is 0 Å². The number of amides is 2. The van der Waals surface area contributed by atoms with E-state index in [1.807, 2.05) is 0 Å². The monoisotopic (exact) mass is 298 g/mol. The number of benzene rings is 1. The highest BCUT2D eigenvalue weighted by atomic mass is 19.1. The second-order valence-electron chi connectivity index (χ2n) is 4.47. The maximum atomic E-state index is 12.7. The van der Waals surface area contributed by atoms with Crippen LogP contribution in [0.2, 0.25) is 0 Å². The molecular formula is C14H19FN2O4. The molecule has 1 atom stereocenters. The first kappa shape index (κ1) is 16.9. The lowest BCUT2D eigenvalue weighted by Gasteiger charge is -2.14. The van der Waals surface area contributed by atoms with E-state index in [-0.39, 0.29) is 18.8 Å². The number of nitrogens with one attached hydrogen (secondary N) is 2. The number of carboxylic acid groups (broad SMARTS) is 1. The highest BCUT2D eigenvalue weighted by Crippen LogP contribution is 2.02. The minimum absolute atomic E-state index is 0.116. The van der Waals surface area contributed by atoms with Crippen molar-refractivity contribution in [1.82, 2.24) is 10.6 Å². The van der Waals surface area contributed by atoms with Gasteiger partial charge in [-0.1, -0.05) is 12.1 Å². The molecule has 1 rings (SSSR count). The highest BCUT2D eigenvalue weighted by Gasteiger charge is 2.13. The number of carbonyl (C=O) groups is 2. The number of rotatable bonds is 8. The molecule has 7 heteroatoms. The number of halogens is 1. The number of aliphatic carboxylic acids is 1. The summed E-state index contributed by atoms with van der Waals surface area (Å²) in [5.41, 5.74) is 0.914. The zero-order valence-corrected chi connectivity index (χ0v) is 11.8. The second kappa shape index (κ2) is 8.91. The van der Waals surface area contributed by atoms with Crippen molar-refractivity contribution in [2.45, 2.75) is 18.9 Å². The van der Waals surface area contributed by atoms with Gasteiger partial charge in [0.2, 0.25) is 0 Å². The third-order valence-corrected chi connectivity index (χ3v) is 2.84. The fourth-order valence-electron chi connectivity index (χ4n) is 1.67. The molecule has 3 N–H and O–H groups in total. The van der Waals surface area contributed by atoms with Crippen molar-refractivity contribution in [1.29, 1.82) is 0 Å². The van der Waals surface area contributed by atoms with E-state index in [4.69, 9.17) is 9.84 Å². The summed E-state index contributed by atoms with van der Waals surface area (Å²) in [4.78, 5) is 22.0. The van der Waals surface area contributed by atoms with E-state index in [0.717, 1.165) is 5.56 Å². The molecule has 0 fully saturated rings. The molecule has 0 aliphatic carbocycles. The van der Waals surface area contributed by atoms with Crippen molar-refractivity contribution in [3.05, 3.63) is 35.6 Å². The first-order valence-corrected chi connectivity index (χ1v) is 6.52. The fourth-order valence-corrected chi connectivity index (χ4v) is 1.67. The summed E-state index contributed by atoms with van der Waals surface area (Å²) in [5, 5.41) is 13.8. The topological polar surface area (TPSA) is 87.7 Å². The molecule has 21 heavy (non-hydrogen) atoms. The lowest BCUT2D eigenvalue weighted by Crippen LogP contribution is -2.41. The average Bonchev–Trinajstić information content (AvgIpc) is 2.45. The Kier molecular flexibility index (Phi) is 7.17. The van der Waals surface area contributed by atoms with Crippen LogP contribution in [-0.4, -0.2) is 43.4 Å². The van der Waals surface area contributed by atoms with Crippen molar-refractivity contribution in [2.24, 2.45) is 0 Å². The molecular weight excluding hydrogens is 279 g/mol. The van der Waals surface area contributed by atoms with Crippen LogP contribution in [0.15, 0.2) is 24.3 Å². The van der Waals surface area contributed by atoms with Gasteiger partial charge in [0.1, 0.15) is 5.82 Å². The number of methoxy groups -OCH3 is 1. The van der Waals surface area contributed by atoms with E-state index >= 15 is 0 Å². The van der Waals surface area contributed by atoms with Crippen molar-refractivity contribution in [3.8, 4) is 0 Å². The molecule has 2 amide bonds. The highest BCUT2D eigenvalue weighted by molar-refractivity contribution is 5.74. The minimum Gasteiger partial charge on any atom is -0.481 e. The van der Waals surface area contributed by atoms with E-state index in [1.54, 1.807) is 12.1 Å². The Balaban J connectivity index is 2.21. The summed E-state index contributed by atoms with van der Waals surface area (Å²) < 4.78 is 17.6. The SMILES string of the molecule is COC(CNC(=O)NCCc1ccc(F)cc1)CC(=O)O. The van der Waals surface area contributed by atoms with Gasteiger partial charge in [0, 0.05) is 20.2 Å². The molecule has 0 bridgehead atoms. The van der Waals surface area contributed by atoms with E-state index in [0.29, 0.717) is 13.0 Å². The standard InChI is InChI=1S/C14H19FN2O4/c1-21-12(8-13(18)19)9-17-14(20)16-7-6-10-2-4-11(15)5-3-10/h2-5,12H,6-9H2,1H3,(H,18,19)(H2,16,17,20). The van der Waals surface area contributed by atoms with E-state index in [2.05, 4.69) is 10.6 Å². The Bertz CT molecular complexity index is 465. The van der Waals surface area contributed by atoms with Gasteiger partial charge in [0.25, 0.3) is 0 Å². The molecule has 0 aliphatic rings. The number of carbonyl (C=O) groups excluding carboxylic acids is 1. The van der Waals surface area contributed by atoms with Crippen molar-refractivity contribution < 1.29 is 23.8 Å². The van der Waals surface area contributed by atoms with Crippen LogP contribution >= 0.6 is 0 Å². The maximum absolute atomic E-state index is 12.7. The zero-order chi connectivity index (χ0) is 15.7. The number of urea groups is 1. The van der Waals surface area contributed by atoms with Gasteiger partial charge < -0.3 is 20.5 Å². The van der Waals surface area contributed by atoms with Crippen LogP contribution < -0.4 is 10.6 Å². The molecule has 0 saturated heterocycles. The summed E-state index contributed by atoms with van der Waals surface area (Å²) in [5.74, 6) is -1.28. The van der Waals surface area contributed by atoms with Crippen LogP contribution in [-0.2, 0) is 16.0 Å². The molecule has 6 nitrogen and oxygen atoms in total. The predicted octanol–water partition coefficient (Wildman–Crippen LogP) is 1.16. The molecule has 0 spiro atoms. The average molecular weight is 298 g/mol. The van der Waals surface area contributed by atoms with Crippen LogP contribution in [0.4, 0.5) is 9.18 Å². The summed E-state index contributed by atoms with van der Waals surface area (Å²) in [7, 11) is 1.39. The van der Waals surface area contributed by atoms with Crippen LogP contribution in [0.25, 0.3) is 0 Å². The molecule has 0 radical (unpaired) electrons. The van der Waals surface area contributed by atoms with E-state index < -0.39 is 18.1 Å². The molecule has 1 aromatic carbocycles. The maximum Gasteiger partial charge on any atom is 0.314 e. The summed E-state index contributed by atoms with van der Waals surface area (Å²) in [6.45, 7) is 0.513. The van der Waals surface area contributed by atoms with Gasteiger partial charge in [-0.25, -0.2) is 9.18 Å². The summed E-state index contributed by atoms with van der Waals surface area (Å²) in [6.07, 6.45) is -0.159. The smallest absolute Gasteiger partial charge is 0.314 e. The fraction of sp³-hybridized carbons (Fsp3) is 0.429. The minimum atomic E-state index is -0.986. The number of hydrogen-bond donors (Lipinski definition) is 3. The molecule has 0 heterocycles. The van der Waals surface area contributed by atoms with Gasteiger partial charge in [0.05, 0.1) is 12.5 Å². The van der Waals surface area contributed by atoms with Gasteiger partial charge in [-0.15, -0.1) is 0 Å². The van der Waals surface area contributed by atoms with Crippen molar-refractivity contribution in [3.63, 3.8) is 0 Å². The predicted molar refractivity (Wildman–Crippen MR) is 74.6 cm³/mol. The first-order valence-electron chi connectivity index (χ1n) is 6.52. The van der Waals surface area contributed by atoms with E-state index in [9.17, 15) is 14.0 Å². The lowest BCUT2D eigenvalue weighted by atomic mass is 10.1. The normalized spacial score (nSPS) is 11.7. The Morgan fingerprint density at radius 3 is 2.52 bits per heavy atom. The molecule has 0 aromatic heterocycles.